The van der Waals surface area contributed by atoms with Crippen LogP contribution in [0.25, 0.3) is 0 Å². The fourth-order valence-electron chi connectivity index (χ4n) is 2.04. The standard InChI is InChI=1S/C12H14ClN/c13-11-5-3-4-10(8-11)12(9-14)6-1-2-7-12/h1-5,8H,6-7,9,14H2. The number of rotatable bonds is 2. The normalized spacial score (nSPS) is 18.7. The van der Waals surface area contributed by atoms with E-state index in [1.165, 1.54) is 5.56 Å². The molecule has 2 rings (SSSR count). The molecule has 0 bridgehead atoms. The Morgan fingerprint density at radius 2 is 2.00 bits per heavy atom. The third kappa shape index (κ3) is 1.58. The molecule has 2 heteroatoms. The minimum absolute atomic E-state index is 0.102. The molecule has 0 spiro atoms. The first-order valence-corrected chi connectivity index (χ1v) is 5.26. The van der Waals surface area contributed by atoms with Crippen LogP contribution in [0.1, 0.15) is 18.4 Å². The lowest BCUT2D eigenvalue weighted by atomic mass is 9.78. The van der Waals surface area contributed by atoms with Crippen LogP contribution in [0.3, 0.4) is 0 Å². The second-order valence-corrected chi connectivity index (χ2v) is 4.31. The monoisotopic (exact) mass is 207 g/mol. The molecule has 0 aliphatic heterocycles. The maximum Gasteiger partial charge on any atom is 0.0408 e. The minimum atomic E-state index is 0.102. The summed E-state index contributed by atoms with van der Waals surface area (Å²) in [6.07, 6.45) is 6.47. The minimum Gasteiger partial charge on any atom is -0.330 e. The smallest absolute Gasteiger partial charge is 0.0408 e. The van der Waals surface area contributed by atoms with E-state index < -0.39 is 0 Å². The summed E-state index contributed by atoms with van der Waals surface area (Å²) in [6, 6.07) is 8.04. The molecule has 1 aromatic rings. The number of benzene rings is 1. The summed E-state index contributed by atoms with van der Waals surface area (Å²) >= 11 is 5.98. The maximum absolute atomic E-state index is 5.98. The molecular formula is C12H14ClN. The van der Waals surface area contributed by atoms with Gasteiger partial charge in [0.1, 0.15) is 0 Å². The quantitative estimate of drug-likeness (QED) is 0.742. The van der Waals surface area contributed by atoms with E-state index in [-0.39, 0.29) is 5.41 Å². The predicted octanol–water partition coefficient (Wildman–Crippen LogP) is 2.89. The van der Waals surface area contributed by atoms with Crippen LogP contribution in [0.2, 0.25) is 5.02 Å². The van der Waals surface area contributed by atoms with Crippen LogP contribution in [-0.4, -0.2) is 6.54 Å². The number of allylic oxidation sites excluding steroid dienone is 2. The van der Waals surface area contributed by atoms with E-state index in [0.29, 0.717) is 6.54 Å². The third-order valence-corrected chi connectivity index (χ3v) is 3.25. The third-order valence-electron chi connectivity index (χ3n) is 3.01. The average molecular weight is 208 g/mol. The van der Waals surface area contributed by atoms with E-state index >= 15 is 0 Å². The number of hydrogen-bond donors (Lipinski definition) is 1. The first-order valence-electron chi connectivity index (χ1n) is 4.88. The Kier molecular flexibility index (Phi) is 2.62. The predicted molar refractivity (Wildman–Crippen MR) is 60.6 cm³/mol. The zero-order valence-electron chi connectivity index (χ0n) is 8.04. The van der Waals surface area contributed by atoms with Crippen molar-refractivity contribution in [3.63, 3.8) is 0 Å². The Bertz CT molecular complexity index is 349. The summed E-state index contributed by atoms with van der Waals surface area (Å²) in [5.74, 6) is 0. The number of halogens is 1. The molecule has 0 fully saturated rings. The van der Waals surface area contributed by atoms with Crippen molar-refractivity contribution in [3.05, 3.63) is 47.0 Å². The number of nitrogens with two attached hydrogens (primary N) is 1. The summed E-state index contributed by atoms with van der Waals surface area (Å²) in [5.41, 5.74) is 7.23. The van der Waals surface area contributed by atoms with E-state index in [9.17, 15) is 0 Å². The average Bonchev–Trinajstić information content (AvgIpc) is 2.67. The van der Waals surface area contributed by atoms with Gasteiger partial charge in [-0.05, 0) is 30.5 Å². The zero-order chi connectivity index (χ0) is 10.0. The van der Waals surface area contributed by atoms with Crippen LogP contribution in [0.5, 0.6) is 0 Å². The molecule has 0 radical (unpaired) electrons. The van der Waals surface area contributed by atoms with Gasteiger partial charge in [-0.3, -0.25) is 0 Å². The maximum atomic E-state index is 5.98. The van der Waals surface area contributed by atoms with Gasteiger partial charge in [0.05, 0.1) is 0 Å². The summed E-state index contributed by atoms with van der Waals surface area (Å²) in [4.78, 5) is 0. The molecule has 74 valence electrons. The van der Waals surface area contributed by atoms with Gasteiger partial charge in [-0.1, -0.05) is 35.9 Å². The van der Waals surface area contributed by atoms with Crippen LogP contribution >= 0.6 is 11.6 Å². The molecule has 0 heterocycles. The molecule has 0 unspecified atom stereocenters. The molecule has 0 amide bonds. The molecule has 0 aromatic heterocycles. The first kappa shape index (κ1) is 9.75. The number of hydrogen-bond acceptors (Lipinski definition) is 1. The SMILES string of the molecule is NCC1(c2cccc(Cl)c2)CC=CC1. The largest absolute Gasteiger partial charge is 0.330 e. The summed E-state index contributed by atoms with van der Waals surface area (Å²) in [5, 5.41) is 0.794. The second-order valence-electron chi connectivity index (χ2n) is 3.87. The van der Waals surface area contributed by atoms with Gasteiger partial charge < -0.3 is 5.73 Å². The fraction of sp³-hybridized carbons (Fsp3) is 0.333. The molecule has 1 aromatic carbocycles. The van der Waals surface area contributed by atoms with Gasteiger partial charge in [0.2, 0.25) is 0 Å². The van der Waals surface area contributed by atoms with Gasteiger partial charge in [0.15, 0.2) is 0 Å². The second kappa shape index (κ2) is 3.76. The van der Waals surface area contributed by atoms with E-state index in [1.807, 2.05) is 18.2 Å². The zero-order valence-corrected chi connectivity index (χ0v) is 8.80. The van der Waals surface area contributed by atoms with E-state index in [0.717, 1.165) is 17.9 Å². The van der Waals surface area contributed by atoms with Crippen molar-refractivity contribution in [2.45, 2.75) is 18.3 Å². The Morgan fingerprint density at radius 1 is 1.29 bits per heavy atom. The van der Waals surface area contributed by atoms with Crippen molar-refractivity contribution in [1.82, 2.24) is 0 Å². The molecule has 0 saturated carbocycles. The first-order chi connectivity index (χ1) is 6.77. The van der Waals surface area contributed by atoms with Crippen molar-refractivity contribution in [2.75, 3.05) is 6.54 Å². The van der Waals surface area contributed by atoms with E-state index in [4.69, 9.17) is 17.3 Å². The topological polar surface area (TPSA) is 26.0 Å². The summed E-state index contributed by atoms with van der Waals surface area (Å²) < 4.78 is 0. The van der Waals surface area contributed by atoms with Crippen molar-refractivity contribution < 1.29 is 0 Å². The Labute approximate surface area is 89.6 Å². The van der Waals surface area contributed by atoms with E-state index in [2.05, 4.69) is 18.2 Å². The molecule has 14 heavy (non-hydrogen) atoms. The summed E-state index contributed by atoms with van der Waals surface area (Å²) in [7, 11) is 0. The highest BCUT2D eigenvalue weighted by molar-refractivity contribution is 6.30. The molecule has 0 saturated heterocycles. The summed E-state index contributed by atoms with van der Waals surface area (Å²) in [6.45, 7) is 0.681. The molecule has 1 nitrogen and oxygen atoms in total. The molecular weight excluding hydrogens is 194 g/mol. The van der Waals surface area contributed by atoms with E-state index in [1.54, 1.807) is 0 Å². The molecule has 1 aliphatic carbocycles. The lowest BCUT2D eigenvalue weighted by Gasteiger charge is -2.27. The Morgan fingerprint density at radius 3 is 2.57 bits per heavy atom. The highest BCUT2D eigenvalue weighted by Gasteiger charge is 2.31. The van der Waals surface area contributed by atoms with Crippen molar-refractivity contribution in [1.29, 1.82) is 0 Å². The highest BCUT2D eigenvalue weighted by atomic mass is 35.5. The molecule has 0 atom stereocenters. The van der Waals surface area contributed by atoms with Gasteiger partial charge in [-0.2, -0.15) is 0 Å². The lowest BCUT2D eigenvalue weighted by molar-refractivity contribution is 0.471. The Hall–Kier alpha value is -0.790. The van der Waals surface area contributed by atoms with Crippen LogP contribution < -0.4 is 5.73 Å². The fourth-order valence-corrected chi connectivity index (χ4v) is 2.23. The van der Waals surface area contributed by atoms with Gasteiger partial charge in [-0.15, -0.1) is 0 Å². The van der Waals surface area contributed by atoms with Gasteiger partial charge >= 0.3 is 0 Å². The van der Waals surface area contributed by atoms with Crippen LogP contribution in [0.15, 0.2) is 36.4 Å². The van der Waals surface area contributed by atoms with Crippen LogP contribution in [0, 0.1) is 0 Å². The van der Waals surface area contributed by atoms with Crippen LogP contribution in [-0.2, 0) is 5.41 Å². The van der Waals surface area contributed by atoms with Crippen LogP contribution in [0.4, 0.5) is 0 Å². The Balaban J connectivity index is 2.37. The molecule has 2 N–H and O–H groups in total. The van der Waals surface area contributed by atoms with Crippen molar-refractivity contribution in [2.24, 2.45) is 5.73 Å². The van der Waals surface area contributed by atoms with Crippen molar-refractivity contribution in [3.8, 4) is 0 Å². The van der Waals surface area contributed by atoms with Crippen molar-refractivity contribution >= 4 is 11.6 Å². The van der Waals surface area contributed by atoms with Gasteiger partial charge in [0.25, 0.3) is 0 Å². The van der Waals surface area contributed by atoms with Gasteiger partial charge in [-0.25, -0.2) is 0 Å². The lowest BCUT2D eigenvalue weighted by Crippen LogP contribution is -2.32. The highest BCUT2D eigenvalue weighted by Crippen LogP contribution is 2.36. The van der Waals surface area contributed by atoms with Gasteiger partial charge in [0, 0.05) is 17.0 Å². The molecule has 1 aliphatic rings.